The number of rotatable bonds is 4. The molecule has 0 aliphatic heterocycles. The average Bonchev–Trinajstić information content (AvgIpc) is 2.49. The van der Waals surface area contributed by atoms with Crippen molar-refractivity contribution in [2.75, 3.05) is 11.6 Å². The highest BCUT2D eigenvalue weighted by Gasteiger charge is 2.41. The fourth-order valence-electron chi connectivity index (χ4n) is 2.83. The lowest BCUT2D eigenvalue weighted by atomic mass is 9.77. The van der Waals surface area contributed by atoms with Gasteiger partial charge in [0.05, 0.1) is 11.3 Å². The van der Waals surface area contributed by atoms with Crippen LogP contribution in [-0.2, 0) is 4.79 Å². The molecule has 21 heavy (non-hydrogen) atoms. The monoisotopic (exact) mass is 304 g/mol. The Labute approximate surface area is 129 Å². The molecule has 0 unspecified atom stereocenters. The second-order valence-corrected chi connectivity index (χ2v) is 6.54. The van der Waals surface area contributed by atoms with Crippen molar-refractivity contribution in [3.63, 3.8) is 0 Å². The predicted octanol–water partition coefficient (Wildman–Crippen LogP) is 3.73. The lowest BCUT2D eigenvalue weighted by Crippen LogP contribution is -2.49. The predicted molar refractivity (Wildman–Crippen MR) is 84.6 cm³/mol. The Kier molecular flexibility index (Phi) is 4.79. The first-order valence-corrected chi connectivity index (χ1v) is 8.33. The molecule has 1 aliphatic carbocycles. The van der Waals surface area contributed by atoms with Gasteiger partial charge in [-0.15, -0.1) is 11.8 Å². The zero-order valence-electron chi connectivity index (χ0n) is 12.3. The number of carbonyl (C=O) groups is 1. The standard InChI is InChI=1S/C16H20N2O2S/c1-11-6-8-16(9-7-11,15(19)20)18-13-4-3-5-14(21-2)12(13)10-17/h3-5,11,18H,6-9H2,1-2H3,(H,19,20). The van der Waals surface area contributed by atoms with Crippen LogP contribution in [0.25, 0.3) is 0 Å². The van der Waals surface area contributed by atoms with E-state index >= 15 is 0 Å². The van der Waals surface area contributed by atoms with Gasteiger partial charge in [0, 0.05) is 4.90 Å². The van der Waals surface area contributed by atoms with Crippen molar-refractivity contribution >= 4 is 23.4 Å². The minimum atomic E-state index is -0.949. The smallest absolute Gasteiger partial charge is 0.329 e. The van der Waals surface area contributed by atoms with E-state index in [-0.39, 0.29) is 0 Å². The van der Waals surface area contributed by atoms with Crippen molar-refractivity contribution in [3.05, 3.63) is 23.8 Å². The SMILES string of the molecule is CSc1cccc(NC2(C(=O)O)CCC(C)CC2)c1C#N. The van der Waals surface area contributed by atoms with Crippen molar-refractivity contribution in [3.8, 4) is 6.07 Å². The van der Waals surface area contributed by atoms with Crippen molar-refractivity contribution in [2.24, 2.45) is 5.92 Å². The van der Waals surface area contributed by atoms with Crippen LogP contribution >= 0.6 is 11.8 Å². The number of hydrogen-bond donors (Lipinski definition) is 2. The first-order chi connectivity index (χ1) is 10.0. The minimum Gasteiger partial charge on any atom is -0.480 e. The second-order valence-electron chi connectivity index (χ2n) is 5.69. The summed E-state index contributed by atoms with van der Waals surface area (Å²) in [6.07, 6.45) is 4.89. The van der Waals surface area contributed by atoms with Gasteiger partial charge in [-0.1, -0.05) is 13.0 Å². The van der Waals surface area contributed by atoms with Gasteiger partial charge in [-0.2, -0.15) is 5.26 Å². The number of nitrogens with one attached hydrogen (secondary N) is 1. The van der Waals surface area contributed by atoms with Gasteiger partial charge in [-0.3, -0.25) is 0 Å². The second kappa shape index (κ2) is 6.40. The van der Waals surface area contributed by atoms with Crippen LogP contribution in [0.2, 0.25) is 0 Å². The van der Waals surface area contributed by atoms with Gasteiger partial charge in [0.25, 0.3) is 0 Å². The van der Waals surface area contributed by atoms with E-state index in [1.165, 1.54) is 11.8 Å². The molecule has 1 aromatic carbocycles. The Morgan fingerprint density at radius 2 is 2.14 bits per heavy atom. The molecular weight excluding hydrogens is 284 g/mol. The molecule has 1 aliphatic rings. The number of nitriles is 1. The van der Waals surface area contributed by atoms with Crippen LogP contribution < -0.4 is 5.32 Å². The van der Waals surface area contributed by atoms with Crippen LogP contribution in [0.1, 0.15) is 38.2 Å². The molecule has 4 nitrogen and oxygen atoms in total. The Morgan fingerprint density at radius 1 is 1.48 bits per heavy atom. The summed E-state index contributed by atoms with van der Waals surface area (Å²) >= 11 is 1.49. The number of thioether (sulfide) groups is 1. The van der Waals surface area contributed by atoms with Gasteiger partial charge < -0.3 is 10.4 Å². The van der Waals surface area contributed by atoms with Crippen molar-refractivity contribution in [2.45, 2.75) is 43.0 Å². The third-order valence-corrected chi connectivity index (χ3v) is 5.05. The number of carboxylic acids is 1. The van der Waals surface area contributed by atoms with Gasteiger partial charge in [0.1, 0.15) is 11.6 Å². The van der Waals surface area contributed by atoms with E-state index in [4.69, 9.17) is 0 Å². The Morgan fingerprint density at radius 3 is 2.67 bits per heavy atom. The van der Waals surface area contributed by atoms with Crippen molar-refractivity contribution < 1.29 is 9.90 Å². The molecule has 0 bridgehead atoms. The molecule has 0 atom stereocenters. The Bertz CT molecular complexity index is 572. The Balaban J connectivity index is 2.35. The van der Waals surface area contributed by atoms with E-state index < -0.39 is 11.5 Å². The topological polar surface area (TPSA) is 73.1 Å². The van der Waals surface area contributed by atoms with Crippen LogP contribution in [0.15, 0.2) is 23.1 Å². The first-order valence-electron chi connectivity index (χ1n) is 7.11. The van der Waals surface area contributed by atoms with Crippen molar-refractivity contribution in [1.29, 1.82) is 5.26 Å². The third-order valence-electron chi connectivity index (χ3n) is 4.27. The highest BCUT2D eigenvalue weighted by molar-refractivity contribution is 7.98. The Hall–Kier alpha value is -1.67. The molecule has 2 N–H and O–H groups in total. The van der Waals surface area contributed by atoms with Crippen LogP contribution in [0.3, 0.4) is 0 Å². The normalized spacial score (nSPS) is 25.1. The van der Waals surface area contributed by atoms with Crippen molar-refractivity contribution in [1.82, 2.24) is 0 Å². The van der Waals surface area contributed by atoms with Gasteiger partial charge in [0.2, 0.25) is 0 Å². The largest absolute Gasteiger partial charge is 0.480 e. The molecule has 0 aromatic heterocycles. The maximum Gasteiger partial charge on any atom is 0.329 e. The fraction of sp³-hybridized carbons (Fsp3) is 0.500. The van der Waals surface area contributed by atoms with Crippen LogP contribution in [-0.4, -0.2) is 22.9 Å². The summed E-state index contributed by atoms with van der Waals surface area (Å²) in [6, 6.07) is 7.72. The molecule has 1 fully saturated rings. The number of benzene rings is 1. The summed E-state index contributed by atoms with van der Waals surface area (Å²) in [7, 11) is 0. The summed E-state index contributed by atoms with van der Waals surface area (Å²) in [5.41, 5.74) is 0.209. The minimum absolute atomic E-state index is 0.532. The lowest BCUT2D eigenvalue weighted by Gasteiger charge is -2.37. The van der Waals surface area contributed by atoms with E-state index in [1.807, 2.05) is 18.4 Å². The third kappa shape index (κ3) is 3.16. The summed E-state index contributed by atoms with van der Waals surface area (Å²) in [5, 5.41) is 22.2. The first kappa shape index (κ1) is 15.7. The lowest BCUT2D eigenvalue weighted by molar-refractivity contribution is -0.143. The zero-order valence-corrected chi connectivity index (χ0v) is 13.2. The van der Waals surface area contributed by atoms with E-state index in [0.717, 1.165) is 17.7 Å². The van der Waals surface area contributed by atoms with Crippen LogP contribution in [0, 0.1) is 17.2 Å². The molecule has 5 heteroatoms. The summed E-state index contributed by atoms with van der Waals surface area (Å²) in [5.74, 6) is -0.264. The molecule has 1 aromatic rings. The van der Waals surface area contributed by atoms with Gasteiger partial charge in [-0.25, -0.2) is 4.79 Å². The highest BCUT2D eigenvalue weighted by Crippen LogP contribution is 2.37. The average molecular weight is 304 g/mol. The molecule has 1 saturated carbocycles. The highest BCUT2D eigenvalue weighted by atomic mass is 32.2. The van der Waals surface area contributed by atoms with E-state index in [1.54, 1.807) is 6.07 Å². The number of nitrogens with zero attached hydrogens (tertiary/aromatic N) is 1. The maximum absolute atomic E-state index is 11.8. The number of anilines is 1. The molecule has 0 saturated heterocycles. The van der Waals surface area contributed by atoms with E-state index in [2.05, 4.69) is 18.3 Å². The van der Waals surface area contributed by atoms with Gasteiger partial charge in [0.15, 0.2) is 0 Å². The molecule has 0 spiro atoms. The summed E-state index contributed by atoms with van der Waals surface area (Å²) in [6.45, 7) is 2.15. The van der Waals surface area contributed by atoms with Crippen LogP contribution in [0.4, 0.5) is 5.69 Å². The molecule has 2 rings (SSSR count). The fourth-order valence-corrected chi connectivity index (χ4v) is 3.40. The van der Waals surface area contributed by atoms with Gasteiger partial charge >= 0.3 is 5.97 Å². The summed E-state index contributed by atoms with van der Waals surface area (Å²) in [4.78, 5) is 12.7. The zero-order chi connectivity index (χ0) is 15.5. The molecular formula is C16H20N2O2S. The molecule has 0 radical (unpaired) electrons. The number of hydrogen-bond acceptors (Lipinski definition) is 4. The van der Waals surface area contributed by atoms with E-state index in [0.29, 0.717) is 30.0 Å². The molecule has 112 valence electrons. The number of carboxylic acid groups (broad SMARTS) is 1. The van der Waals surface area contributed by atoms with E-state index in [9.17, 15) is 15.2 Å². The maximum atomic E-state index is 11.8. The van der Waals surface area contributed by atoms with Gasteiger partial charge in [-0.05, 0) is 50.0 Å². The summed E-state index contributed by atoms with van der Waals surface area (Å²) < 4.78 is 0. The molecule has 0 amide bonds. The van der Waals surface area contributed by atoms with Crippen LogP contribution in [0.5, 0.6) is 0 Å². The molecule has 0 heterocycles. The quantitative estimate of drug-likeness (QED) is 0.829. The number of aliphatic carboxylic acids is 1.